The lowest BCUT2D eigenvalue weighted by molar-refractivity contribution is -0.136. The molecule has 1 heterocycles. The van der Waals surface area contributed by atoms with Crippen molar-refractivity contribution in [1.82, 2.24) is 5.43 Å². The van der Waals surface area contributed by atoms with E-state index in [0.29, 0.717) is 10.6 Å². The summed E-state index contributed by atoms with van der Waals surface area (Å²) >= 11 is 1.33. The van der Waals surface area contributed by atoms with Crippen molar-refractivity contribution < 1.29 is 19.1 Å². The van der Waals surface area contributed by atoms with Crippen LogP contribution < -0.4 is 10.7 Å². The van der Waals surface area contributed by atoms with Crippen LogP contribution in [0.3, 0.4) is 0 Å². The quantitative estimate of drug-likeness (QED) is 0.320. The van der Waals surface area contributed by atoms with E-state index in [1.54, 1.807) is 13.0 Å². The Balaban J connectivity index is 1.63. The molecule has 30 heavy (non-hydrogen) atoms. The van der Waals surface area contributed by atoms with Gasteiger partial charge >= 0.3 is 17.8 Å². The highest BCUT2D eigenvalue weighted by Gasteiger charge is 2.28. The molecule has 0 radical (unpaired) electrons. The molecule has 0 spiro atoms. The Morgan fingerprint density at radius 2 is 1.90 bits per heavy atom. The summed E-state index contributed by atoms with van der Waals surface area (Å²) in [5.41, 5.74) is 4.46. The first-order valence-electron chi connectivity index (χ1n) is 9.78. The van der Waals surface area contributed by atoms with E-state index >= 15 is 0 Å². The van der Waals surface area contributed by atoms with Crippen molar-refractivity contribution in [2.24, 2.45) is 5.10 Å². The van der Waals surface area contributed by atoms with Crippen molar-refractivity contribution in [3.05, 3.63) is 58.0 Å². The van der Waals surface area contributed by atoms with Crippen LogP contribution in [0.2, 0.25) is 0 Å². The van der Waals surface area contributed by atoms with E-state index < -0.39 is 17.8 Å². The van der Waals surface area contributed by atoms with Gasteiger partial charge in [0.25, 0.3) is 0 Å². The van der Waals surface area contributed by atoms with Crippen LogP contribution in [0.25, 0.3) is 6.08 Å². The first-order chi connectivity index (χ1) is 14.6. The fourth-order valence-electron chi connectivity index (χ4n) is 3.14. The van der Waals surface area contributed by atoms with Crippen molar-refractivity contribution >= 4 is 46.4 Å². The van der Waals surface area contributed by atoms with Crippen molar-refractivity contribution in [2.45, 2.75) is 32.6 Å². The van der Waals surface area contributed by atoms with Gasteiger partial charge in [-0.3, -0.25) is 9.59 Å². The maximum Gasteiger partial charge on any atom is 0.341 e. The lowest BCUT2D eigenvalue weighted by Crippen LogP contribution is -2.32. The minimum Gasteiger partial charge on any atom is -0.462 e. The van der Waals surface area contributed by atoms with Gasteiger partial charge in [-0.25, -0.2) is 10.2 Å². The normalized spacial score (nSPS) is 13.2. The molecule has 7 nitrogen and oxygen atoms in total. The summed E-state index contributed by atoms with van der Waals surface area (Å²) in [4.78, 5) is 37.8. The number of ether oxygens (including phenoxy) is 1. The number of fused-ring (bicyclic) bond motifs is 1. The highest BCUT2D eigenvalue weighted by molar-refractivity contribution is 7.17. The number of aryl methyl sites for hydroxylation is 1. The standard InChI is InChI=1S/C22H23N3O4S/c1-2-29-22(28)18-16-12-6-7-13-17(16)30-21(18)24-19(26)20(27)25-23-14-8-11-15-9-4-3-5-10-15/h3-5,8-11,14H,2,6-7,12-13H2,1H3,(H,24,26)(H,25,27)/b11-8+,23-14+. The van der Waals surface area contributed by atoms with Crippen LogP contribution in [-0.4, -0.2) is 30.6 Å². The molecule has 1 aromatic heterocycles. The highest BCUT2D eigenvalue weighted by Crippen LogP contribution is 2.38. The lowest BCUT2D eigenvalue weighted by atomic mass is 9.95. The first-order valence-corrected chi connectivity index (χ1v) is 10.6. The molecular formula is C22H23N3O4S. The first kappa shape index (κ1) is 21.4. The minimum absolute atomic E-state index is 0.239. The third-order valence-electron chi connectivity index (χ3n) is 4.50. The number of thiophene rings is 1. The van der Waals surface area contributed by atoms with Gasteiger partial charge in [0.05, 0.1) is 12.2 Å². The molecule has 0 aliphatic heterocycles. The maximum absolute atomic E-state index is 12.4. The van der Waals surface area contributed by atoms with Gasteiger partial charge in [0.2, 0.25) is 0 Å². The molecule has 0 atom stereocenters. The summed E-state index contributed by atoms with van der Waals surface area (Å²) in [5.74, 6) is -2.28. The number of hydrogen-bond donors (Lipinski definition) is 2. The third-order valence-corrected chi connectivity index (χ3v) is 5.71. The molecule has 1 aliphatic carbocycles. The largest absolute Gasteiger partial charge is 0.462 e. The summed E-state index contributed by atoms with van der Waals surface area (Å²) in [7, 11) is 0. The maximum atomic E-state index is 12.4. The molecule has 1 aliphatic rings. The number of esters is 1. The zero-order valence-electron chi connectivity index (χ0n) is 16.6. The fraction of sp³-hybridized carbons (Fsp3) is 0.273. The Morgan fingerprint density at radius 1 is 1.13 bits per heavy atom. The number of carbonyl (C=O) groups is 3. The van der Waals surface area contributed by atoms with Crippen LogP contribution in [0.1, 0.15) is 46.1 Å². The monoisotopic (exact) mass is 425 g/mol. The Morgan fingerprint density at radius 3 is 2.67 bits per heavy atom. The molecule has 2 aromatic rings. The number of anilines is 1. The minimum atomic E-state index is -0.916. The van der Waals surface area contributed by atoms with Crippen LogP contribution in [0.15, 0.2) is 41.5 Å². The molecule has 0 bridgehead atoms. The number of nitrogens with one attached hydrogen (secondary N) is 2. The number of benzene rings is 1. The molecule has 8 heteroatoms. The summed E-state index contributed by atoms with van der Waals surface area (Å²) in [6.07, 6.45) is 8.49. The van der Waals surface area contributed by atoms with Crippen LogP contribution in [-0.2, 0) is 27.2 Å². The van der Waals surface area contributed by atoms with E-state index in [1.807, 2.05) is 36.4 Å². The summed E-state index contributed by atoms with van der Waals surface area (Å²) in [6.45, 7) is 1.97. The second-order valence-corrected chi connectivity index (χ2v) is 7.68. The second kappa shape index (κ2) is 10.5. The van der Waals surface area contributed by atoms with Gasteiger partial charge in [0, 0.05) is 11.1 Å². The predicted molar refractivity (Wildman–Crippen MR) is 118 cm³/mol. The molecule has 0 saturated heterocycles. The van der Waals surface area contributed by atoms with E-state index in [-0.39, 0.29) is 6.61 Å². The van der Waals surface area contributed by atoms with E-state index in [9.17, 15) is 14.4 Å². The number of allylic oxidation sites excluding steroid dienone is 1. The predicted octanol–water partition coefficient (Wildman–Crippen LogP) is 3.56. The Bertz CT molecular complexity index is 980. The van der Waals surface area contributed by atoms with E-state index in [0.717, 1.165) is 41.7 Å². The number of carbonyl (C=O) groups excluding carboxylic acids is 3. The number of nitrogens with zero attached hydrogens (tertiary/aromatic N) is 1. The Hall–Kier alpha value is -3.26. The van der Waals surface area contributed by atoms with Gasteiger partial charge in [-0.15, -0.1) is 11.3 Å². The van der Waals surface area contributed by atoms with Crippen LogP contribution in [0.4, 0.5) is 5.00 Å². The highest BCUT2D eigenvalue weighted by atomic mass is 32.1. The summed E-state index contributed by atoms with van der Waals surface area (Å²) < 4.78 is 5.15. The smallest absolute Gasteiger partial charge is 0.341 e. The molecule has 3 rings (SSSR count). The van der Waals surface area contributed by atoms with Crippen molar-refractivity contribution in [3.8, 4) is 0 Å². The van der Waals surface area contributed by atoms with Crippen molar-refractivity contribution in [3.63, 3.8) is 0 Å². The van der Waals surface area contributed by atoms with Gasteiger partial charge < -0.3 is 10.1 Å². The second-order valence-electron chi connectivity index (χ2n) is 6.58. The number of hydrogen-bond acceptors (Lipinski definition) is 6. The molecule has 2 N–H and O–H groups in total. The topological polar surface area (TPSA) is 96.9 Å². The molecule has 1 aromatic carbocycles. The summed E-state index contributed by atoms with van der Waals surface area (Å²) in [5, 5.41) is 6.64. The Labute approximate surface area is 178 Å². The van der Waals surface area contributed by atoms with E-state index in [1.165, 1.54) is 17.6 Å². The van der Waals surface area contributed by atoms with Crippen LogP contribution >= 0.6 is 11.3 Å². The molecule has 0 fully saturated rings. The molecule has 0 saturated carbocycles. The average Bonchev–Trinajstić information content (AvgIpc) is 3.12. The Kier molecular flexibility index (Phi) is 7.51. The van der Waals surface area contributed by atoms with Gasteiger partial charge in [-0.2, -0.15) is 5.10 Å². The number of rotatable bonds is 6. The van der Waals surface area contributed by atoms with Gasteiger partial charge in [-0.05, 0) is 49.8 Å². The number of amides is 2. The fourth-order valence-corrected chi connectivity index (χ4v) is 4.41. The number of hydrazone groups is 1. The van der Waals surface area contributed by atoms with Gasteiger partial charge in [0.15, 0.2) is 0 Å². The SMILES string of the molecule is CCOC(=O)c1c(NC(=O)C(=O)N/N=C/C=C/c2ccccc2)sc2c1CCCC2. The summed E-state index contributed by atoms with van der Waals surface area (Å²) in [6, 6.07) is 9.60. The van der Waals surface area contributed by atoms with E-state index in [4.69, 9.17) is 4.74 Å². The van der Waals surface area contributed by atoms with Gasteiger partial charge in [-0.1, -0.05) is 36.4 Å². The van der Waals surface area contributed by atoms with Gasteiger partial charge in [0.1, 0.15) is 5.00 Å². The lowest BCUT2D eigenvalue weighted by Gasteiger charge is -2.12. The molecule has 156 valence electrons. The van der Waals surface area contributed by atoms with Crippen molar-refractivity contribution in [2.75, 3.05) is 11.9 Å². The molecule has 0 unspecified atom stereocenters. The van der Waals surface area contributed by atoms with Crippen LogP contribution in [0.5, 0.6) is 0 Å². The zero-order valence-corrected chi connectivity index (χ0v) is 17.5. The van der Waals surface area contributed by atoms with Crippen molar-refractivity contribution in [1.29, 1.82) is 0 Å². The van der Waals surface area contributed by atoms with Crippen LogP contribution in [0, 0.1) is 0 Å². The molecular weight excluding hydrogens is 402 g/mol. The zero-order chi connectivity index (χ0) is 21.3. The molecule has 2 amide bonds. The average molecular weight is 426 g/mol. The van der Waals surface area contributed by atoms with E-state index in [2.05, 4.69) is 15.8 Å². The third kappa shape index (κ3) is 5.42.